The zero-order valence-corrected chi connectivity index (χ0v) is 25.8. The number of rotatable bonds is 11. The number of nitrogen functional groups attached to an aromatic ring is 1. The SMILES string of the molecule is COc1cccc(CO)c1-c1ccc(CC(OC[C@H]2O[C@@H](n3cnc4c(N)nc(Cl)nc43)[C@H](O)[C@@H]2O)(C(=O)O)c2cscn2)cc1. The number of aliphatic carboxylic acids is 1. The molecule has 240 valence electrons. The van der Waals surface area contributed by atoms with Gasteiger partial charge in [0.1, 0.15) is 29.6 Å². The highest BCUT2D eigenvalue weighted by molar-refractivity contribution is 7.07. The molecule has 1 aliphatic rings. The highest BCUT2D eigenvalue weighted by Gasteiger charge is 2.49. The zero-order valence-electron chi connectivity index (χ0n) is 24.2. The van der Waals surface area contributed by atoms with E-state index < -0.39 is 42.7 Å². The van der Waals surface area contributed by atoms with Crippen LogP contribution in [0.15, 0.2) is 59.7 Å². The second kappa shape index (κ2) is 12.9. The lowest BCUT2D eigenvalue weighted by Crippen LogP contribution is -2.44. The normalized spacial score (nSPS) is 21.0. The van der Waals surface area contributed by atoms with Crippen LogP contribution < -0.4 is 10.5 Å². The molecule has 0 aliphatic carbocycles. The number of hydrogen-bond acceptors (Lipinski definition) is 13. The standard InChI is InChI=1S/C30H29ClN6O8S/c1-43-18-4-2-3-17(10-38)21(18)16-7-5-15(6-8-16)9-30(28(41)42,20-12-46-14-34-20)44-11-19-23(39)24(40)27(45-19)37-13-33-22-25(32)35-29(31)36-26(22)37/h2-8,12-14,19,23-24,27,38-40H,9-11H2,1H3,(H,41,42)(H2,32,35,36)/t19-,23-,24-,27-,30?/m1/s1. The third kappa shape index (κ3) is 5.66. The van der Waals surface area contributed by atoms with Crippen molar-refractivity contribution in [2.24, 2.45) is 0 Å². The lowest BCUT2D eigenvalue weighted by molar-refractivity contribution is -0.177. The highest BCUT2D eigenvalue weighted by Crippen LogP contribution is 2.38. The van der Waals surface area contributed by atoms with Gasteiger partial charge >= 0.3 is 5.97 Å². The molecule has 6 rings (SSSR count). The summed E-state index contributed by atoms with van der Waals surface area (Å²) in [6.07, 6.45) is -4.02. The maximum Gasteiger partial charge on any atom is 0.342 e. The molecule has 0 spiro atoms. The number of thiazole rings is 1. The van der Waals surface area contributed by atoms with Crippen LogP contribution in [0.3, 0.4) is 0 Å². The van der Waals surface area contributed by atoms with Gasteiger partial charge in [-0.15, -0.1) is 11.3 Å². The van der Waals surface area contributed by atoms with Crippen LogP contribution in [-0.4, -0.2) is 82.9 Å². The number of aromatic nitrogens is 5. The first-order valence-corrected chi connectivity index (χ1v) is 15.3. The van der Waals surface area contributed by atoms with E-state index in [4.69, 9.17) is 31.5 Å². The number of carboxylic acids is 1. The first-order chi connectivity index (χ1) is 22.2. The number of halogens is 1. The van der Waals surface area contributed by atoms with E-state index >= 15 is 0 Å². The molecular weight excluding hydrogens is 640 g/mol. The topological polar surface area (TPSA) is 208 Å². The molecule has 3 aromatic heterocycles. The van der Waals surface area contributed by atoms with Crippen molar-refractivity contribution < 1.29 is 39.4 Å². The lowest BCUT2D eigenvalue weighted by atomic mass is 9.90. The van der Waals surface area contributed by atoms with E-state index in [1.54, 1.807) is 42.8 Å². The van der Waals surface area contributed by atoms with Crippen molar-refractivity contribution in [3.8, 4) is 16.9 Å². The first-order valence-electron chi connectivity index (χ1n) is 14.0. The van der Waals surface area contributed by atoms with E-state index in [-0.39, 0.29) is 41.0 Å². The van der Waals surface area contributed by atoms with Crippen molar-refractivity contribution in [2.45, 2.75) is 43.2 Å². The number of nitrogens with two attached hydrogens (primary N) is 1. The Morgan fingerprint density at radius 3 is 2.61 bits per heavy atom. The summed E-state index contributed by atoms with van der Waals surface area (Å²) in [4.78, 5) is 29.4. The van der Waals surface area contributed by atoms with Crippen LogP contribution in [-0.2, 0) is 32.9 Å². The molecule has 1 unspecified atom stereocenters. The van der Waals surface area contributed by atoms with Gasteiger partial charge in [-0.2, -0.15) is 9.97 Å². The van der Waals surface area contributed by atoms with Crippen LogP contribution in [0.5, 0.6) is 5.75 Å². The summed E-state index contributed by atoms with van der Waals surface area (Å²) < 4.78 is 19.0. The summed E-state index contributed by atoms with van der Waals surface area (Å²) >= 11 is 7.18. The molecule has 2 aromatic carbocycles. The fourth-order valence-corrected chi connectivity index (χ4v) is 6.36. The number of hydrogen-bond donors (Lipinski definition) is 5. The fourth-order valence-electron chi connectivity index (χ4n) is 5.58. The van der Waals surface area contributed by atoms with E-state index in [1.165, 1.54) is 27.7 Å². The third-order valence-electron chi connectivity index (χ3n) is 7.92. The minimum Gasteiger partial charge on any atom is -0.496 e. The number of methoxy groups -OCH3 is 1. The van der Waals surface area contributed by atoms with Gasteiger partial charge in [-0.3, -0.25) is 4.57 Å². The molecule has 46 heavy (non-hydrogen) atoms. The van der Waals surface area contributed by atoms with E-state index in [0.717, 1.165) is 11.1 Å². The number of carboxylic acid groups (broad SMARTS) is 1. The predicted molar refractivity (Wildman–Crippen MR) is 166 cm³/mol. The Morgan fingerprint density at radius 2 is 1.93 bits per heavy atom. The summed E-state index contributed by atoms with van der Waals surface area (Å²) in [5.74, 6) is -0.689. The van der Waals surface area contributed by atoms with Crippen LogP contribution in [0, 0.1) is 0 Å². The second-order valence-corrected chi connectivity index (χ2v) is 11.6. The lowest BCUT2D eigenvalue weighted by Gasteiger charge is -2.30. The maximum absolute atomic E-state index is 13.0. The number of aliphatic hydroxyl groups excluding tert-OH is 3. The molecule has 0 amide bonds. The molecule has 1 fully saturated rings. The summed E-state index contributed by atoms with van der Waals surface area (Å²) in [5, 5.41) is 43.8. The first kappa shape index (κ1) is 31.7. The van der Waals surface area contributed by atoms with Crippen molar-refractivity contribution in [1.82, 2.24) is 24.5 Å². The molecule has 4 heterocycles. The van der Waals surface area contributed by atoms with E-state index in [1.807, 2.05) is 12.1 Å². The average Bonchev–Trinajstić information content (AvgIpc) is 3.80. The number of imidazole rings is 1. The molecule has 6 N–H and O–H groups in total. The van der Waals surface area contributed by atoms with Gasteiger partial charge < -0.3 is 40.4 Å². The molecular formula is C30H29ClN6O8S. The van der Waals surface area contributed by atoms with Crippen LogP contribution in [0.1, 0.15) is 23.0 Å². The Hall–Kier alpha value is -4.22. The van der Waals surface area contributed by atoms with Crippen molar-refractivity contribution in [2.75, 3.05) is 19.5 Å². The minimum atomic E-state index is -1.97. The van der Waals surface area contributed by atoms with Crippen molar-refractivity contribution in [3.05, 3.63) is 81.8 Å². The number of ether oxygens (including phenoxy) is 3. The molecule has 16 heteroatoms. The summed E-state index contributed by atoms with van der Waals surface area (Å²) in [7, 11) is 1.55. The molecule has 5 aromatic rings. The van der Waals surface area contributed by atoms with Gasteiger partial charge in [-0.05, 0) is 34.4 Å². The van der Waals surface area contributed by atoms with E-state index in [0.29, 0.717) is 16.9 Å². The predicted octanol–water partition coefficient (Wildman–Crippen LogP) is 2.54. The fraction of sp³-hybridized carbons (Fsp3) is 0.300. The highest BCUT2D eigenvalue weighted by atomic mass is 35.5. The van der Waals surface area contributed by atoms with Crippen LogP contribution in [0.25, 0.3) is 22.3 Å². The third-order valence-corrected chi connectivity index (χ3v) is 8.67. The largest absolute Gasteiger partial charge is 0.496 e. The van der Waals surface area contributed by atoms with Crippen LogP contribution in [0.2, 0.25) is 5.28 Å². The number of aliphatic hydroxyl groups is 3. The molecule has 1 aliphatic heterocycles. The van der Waals surface area contributed by atoms with Crippen molar-refractivity contribution in [3.63, 3.8) is 0 Å². The Morgan fingerprint density at radius 1 is 1.15 bits per heavy atom. The van der Waals surface area contributed by atoms with E-state index in [2.05, 4.69) is 19.9 Å². The van der Waals surface area contributed by atoms with Gasteiger partial charge in [0.15, 0.2) is 17.7 Å². The number of fused-ring (bicyclic) bond motifs is 1. The van der Waals surface area contributed by atoms with Gasteiger partial charge in [-0.1, -0.05) is 36.4 Å². The molecule has 0 saturated carbocycles. The number of anilines is 1. The smallest absolute Gasteiger partial charge is 0.342 e. The molecule has 0 bridgehead atoms. The van der Waals surface area contributed by atoms with Crippen molar-refractivity contribution >= 4 is 45.9 Å². The zero-order chi connectivity index (χ0) is 32.6. The number of carbonyl (C=O) groups is 1. The summed E-state index contributed by atoms with van der Waals surface area (Å²) in [5.41, 5.74) is 8.78. The Kier molecular flexibility index (Phi) is 8.89. The summed E-state index contributed by atoms with van der Waals surface area (Å²) in [6.45, 7) is -0.604. The Balaban J connectivity index is 1.27. The van der Waals surface area contributed by atoms with E-state index in [9.17, 15) is 25.2 Å². The van der Waals surface area contributed by atoms with Gasteiger partial charge in [0.2, 0.25) is 10.9 Å². The molecule has 5 atom stereocenters. The minimum absolute atomic E-state index is 0.0287. The van der Waals surface area contributed by atoms with Gasteiger partial charge in [0, 0.05) is 17.4 Å². The number of nitrogens with zero attached hydrogens (tertiary/aromatic N) is 5. The molecule has 1 saturated heterocycles. The van der Waals surface area contributed by atoms with Gasteiger partial charge in [0.05, 0.1) is 37.9 Å². The van der Waals surface area contributed by atoms with Gasteiger partial charge in [-0.25, -0.2) is 14.8 Å². The molecule has 14 nitrogen and oxygen atoms in total. The maximum atomic E-state index is 13.0. The quantitative estimate of drug-likeness (QED) is 0.128. The molecule has 0 radical (unpaired) electrons. The van der Waals surface area contributed by atoms with Gasteiger partial charge in [0.25, 0.3) is 0 Å². The average molecular weight is 669 g/mol. The Bertz CT molecular complexity index is 1830. The number of benzene rings is 2. The van der Waals surface area contributed by atoms with Crippen LogP contribution >= 0.6 is 22.9 Å². The second-order valence-electron chi connectivity index (χ2n) is 10.6. The Labute approximate surface area is 270 Å². The monoisotopic (exact) mass is 668 g/mol. The summed E-state index contributed by atoms with van der Waals surface area (Å²) in [6, 6.07) is 12.5. The van der Waals surface area contributed by atoms with Crippen LogP contribution in [0.4, 0.5) is 5.82 Å². The van der Waals surface area contributed by atoms with Crippen molar-refractivity contribution in [1.29, 1.82) is 0 Å².